The van der Waals surface area contributed by atoms with Crippen molar-refractivity contribution in [1.82, 2.24) is 16.2 Å². The molecular formula is C16H21N3O4S. The van der Waals surface area contributed by atoms with E-state index in [1.54, 1.807) is 25.3 Å². The zero-order valence-electron chi connectivity index (χ0n) is 13.6. The highest BCUT2D eigenvalue weighted by molar-refractivity contribution is 7.80. The average Bonchev–Trinajstić information content (AvgIpc) is 2.59. The topological polar surface area (TPSA) is 88.7 Å². The Morgan fingerprint density at radius 2 is 1.92 bits per heavy atom. The maximum atomic E-state index is 11.7. The molecule has 1 aromatic carbocycles. The number of methoxy groups -OCH3 is 1. The van der Waals surface area contributed by atoms with Gasteiger partial charge in [0, 0.05) is 12.7 Å². The standard InChI is InChI=1S/C16H21N3O4S/c1-3-23-11-10-15(21)18-19-16(24)17-14(20)9-6-12-4-7-13(22-2)8-5-12/h4-9H,3,10-11H2,1-2H3,(H,18,21)(H2,17,19,20,24)/b9-6+. The highest BCUT2D eigenvalue weighted by atomic mass is 32.1. The third-order valence-corrected chi connectivity index (χ3v) is 2.98. The lowest BCUT2D eigenvalue weighted by atomic mass is 10.2. The highest BCUT2D eigenvalue weighted by Crippen LogP contribution is 2.12. The molecule has 0 fully saturated rings. The molecule has 3 N–H and O–H groups in total. The van der Waals surface area contributed by atoms with Crippen molar-refractivity contribution < 1.29 is 19.1 Å². The number of hydrogen-bond acceptors (Lipinski definition) is 5. The van der Waals surface area contributed by atoms with Crippen LogP contribution in [-0.4, -0.2) is 37.3 Å². The van der Waals surface area contributed by atoms with Crippen molar-refractivity contribution in [3.8, 4) is 5.75 Å². The number of nitrogens with one attached hydrogen (secondary N) is 3. The molecule has 7 nitrogen and oxygen atoms in total. The first-order chi connectivity index (χ1) is 11.5. The van der Waals surface area contributed by atoms with E-state index in [4.69, 9.17) is 21.7 Å². The molecule has 2 amide bonds. The SMILES string of the molecule is CCOCCC(=O)NNC(=S)NC(=O)/C=C/c1ccc(OC)cc1. The van der Waals surface area contributed by atoms with E-state index in [0.29, 0.717) is 13.2 Å². The Hall–Kier alpha value is -2.45. The van der Waals surface area contributed by atoms with Gasteiger partial charge in [-0.05, 0) is 42.9 Å². The summed E-state index contributed by atoms with van der Waals surface area (Å²) in [6.07, 6.45) is 3.18. The van der Waals surface area contributed by atoms with E-state index in [9.17, 15) is 9.59 Å². The summed E-state index contributed by atoms with van der Waals surface area (Å²) in [5.41, 5.74) is 5.66. The minimum absolute atomic E-state index is 0.00383. The summed E-state index contributed by atoms with van der Waals surface area (Å²) in [5, 5.41) is 2.42. The van der Waals surface area contributed by atoms with Gasteiger partial charge in [-0.25, -0.2) is 0 Å². The number of benzene rings is 1. The first-order valence-corrected chi connectivity index (χ1v) is 7.75. The van der Waals surface area contributed by atoms with E-state index >= 15 is 0 Å². The second-order valence-corrected chi connectivity index (χ2v) is 4.95. The van der Waals surface area contributed by atoms with Gasteiger partial charge in [0.15, 0.2) is 5.11 Å². The Morgan fingerprint density at radius 1 is 1.21 bits per heavy atom. The van der Waals surface area contributed by atoms with E-state index < -0.39 is 5.91 Å². The monoisotopic (exact) mass is 351 g/mol. The lowest BCUT2D eigenvalue weighted by Gasteiger charge is -2.09. The normalized spacial score (nSPS) is 10.2. The summed E-state index contributed by atoms with van der Waals surface area (Å²) >= 11 is 4.91. The van der Waals surface area contributed by atoms with Gasteiger partial charge in [-0.2, -0.15) is 0 Å². The van der Waals surface area contributed by atoms with Crippen LogP contribution in [0.5, 0.6) is 5.75 Å². The van der Waals surface area contributed by atoms with E-state index in [0.717, 1.165) is 11.3 Å². The number of amides is 2. The van der Waals surface area contributed by atoms with Gasteiger partial charge >= 0.3 is 0 Å². The average molecular weight is 351 g/mol. The van der Waals surface area contributed by atoms with Crippen molar-refractivity contribution in [2.45, 2.75) is 13.3 Å². The van der Waals surface area contributed by atoms with Gasteiger partial charge in [0.2, 0.25) is 11.8 Å². The predicted molar refractivity (Wildman–Crippen MR) is 95.2 cm³/mol. The Balaban J connectivity index is 2.31. The fourth-order valence-electron chi connectivity index (χ4n) is 1.57. The first kappa shape index (κ1) is 19.6. The molecule has 0 bridgehead atoms. The second-order valence-electron chi connectivity index (χ2n) is 4.54. The largest absolute Gasteiger partial charge is 0.497 e. The summed E-state index contributed by atoms with van der Waals surface area (Å²) in [4.78, 5) is 23.1. The highest BCUT2D eigenvalue weighted by Gasteiger charge is 2.03. The van der Waals surface area contributed by atoms with Crippen LogP contribution < -0.4 is 20.9 Å². The van der Waals surface area contributed by atoms with Crippen LogP contribution in [0.3, 0.4) is 0 Å². The number of hydrazine groups is 1. The fraction of sp³-hybridized carbons (Fsp3) is 0.312. The molecule has 0 unspecified atom stereocenters. The number of ether oxygens (including phenoxy) is 2. The fourth-order valence-corrected chi connectivity index (χ4v) is 1.72. The zero-order chi connectivity index (χ0) is 17.8. The Labute approximate surface area is 146 Å². The van der Waals surface area contributed by atoms with Gasteiger partial charge in [0.1, 0.15) is 5.75 Å². The Kier molecular flexibility index (Phi) is 9.10. The van der Waals surface area contributed by atoms with Crippen LogP contribution in [0.2, 0.25) is 0 Å². The molecule has 0 aromatic heterocycles. The summed E-state index contributed by atoms with van der Waals surface area (Å²) in [6.45, 7) is 2.73. The lowest BCUT2D eigenvalue weighted by Crippen LogP contribution is -2.48. The van der Waals surface area contributed by atoms with Crippen LogP contribution in [0.1, 0.15) is 18.9 Å². The molecular weight excluding hydrogens is 330 g/mol. The number of hydrogen-bond donors (Lipinski definition) is 3. The van der Waals surface area contributed by atoms with Crippen LogP contribution in [0, 0.1) is 0 Å². The second kappa shape index (κ2) is 11.1. The number of carbonyl (C=O) groups is 2. The molecule has 0 aliphatic carbocycles. The number of rotatable bonds is 7. The molecule has 1 rings (SSSR count). The third kappa shape index (κ3) is 8.25. The molecule has 0 heterocycles. The molecule has 0 atom stereocenters. The molecule has 0 spiro atoms. The van der Waals surface area contributed by atoms with Gasteiger partial charge in [0.05, 0.1) is 20.1 Å². The van der Waals surface area contributed by atoms with E-state index in [1.165, 1.54) is 6.08 Å². The molecule has 0 aliphatic heterocycles. The van der Waals surface area contributed by atoms with E-state index in [-0.39, 0.29) is 17.4 Å². The summed E-state index contributed by atoms with van der Waals surface area (Å²) < 4.78 is 10.1. The van der Waals surface area contributed by atoms with Crippen molar-refractivity contribution in [1.29, 1.82) is 0 Å². The van der Waals surface area contributed by atoms with Crippen molar-refractivity contribution in [3.05, 3.63) is 35.9 Å². The maximum Gasteiger partial charge on any atom is 0.250 e. The number of thiocarbonyl (C=S) groups is 1. The first-order valence-electron chi connectivity index (χ1n) is 7.34. The molecule has 1 aromatic rings. The summed E-state index contributed by atoms with van der Waals surface area (Å²) in [7, 11) is 1.59. The smallest absolute Gasteiger partial charge is 0.250 e. The van der Waals surface area contributed by atoms with Crippen LogP contribution in [0.25, 0.3) is 6.08 Å². The van der Waals surface area contributed by atoms with Crippen LogP contribution in [-0.2, 0) is 14.3 Å². The molecule has 0 aliphatic rings. The van der Waals surface area contributed by atoms with Crippen LogP contribution in [0.4, 0.5) is 0 Å². The lowest BCUT2D eigenvalue weighted by molar-refractivity contribution is -0.123. The summed E-state index contributed by atoms with van der Waals surface area (Å²) in [5.74, 6) is 0.0442. The van der Waals surface area contributed by atoms with Gasteiger partial charge in [-0.1, -0.05) is 12.1 Å². The molecule has 8 heteroatoms. The van der Waals surface area contributed by atoms with Crippen molar-refractivity contribution in [3.63, 3.8) is 0 Å². The van der Waals surface area contributed by atoms with E-state index in [1.807, 2.05) is 19.1 Å². The van der Waals surface area contributed by atoms with Crippen molar-refractivity contribution in [2.75, 3.05) is 20.3 Å². The minimum Gasteiger partial charge on any atom is -0.497 e. The van der Waals surface area contributed by atoms with Crippen molar-refractivity contribution in [2.24, 2.45) is 0 Å². The molecule has 24 heavy (non-hydrogen) atoms. The van der Waals surface area contributed by atoms with Gasteiger partial charge in [-0.15, -0.1) is 0 Å². The van der Waals surface area contributed by atoms with Gasteiger partial charge in [0.25, 0.3) is 0 Å². The quantitative estimate of drug-likeness (QED) is 0.296. The maximum absolute atomic E-state index is 11.7. The predicted octanol–water partition coefficient (Wildman–Crippen LogP) is 1.16. The zero-order valence-corrected chi connectivity index (χ0v) is 14.4. The van der Waals surface area contributed by atoms with E-state index in [2.05, 4.69) is 16.2 Å². The minimum atomic E-state index is -0.410. The Morgan fingerprint density at radius 3 is 2.54 bits per heavy atom. The third-order valence-electron chi connectivity index (χ3n) is 2.77. The Bertz CT molecular complexity index is 587. The van der Waals surface area contributed by atoms with Crippen molar-refractivity contribution >= 4 is 35.2 Å². The van der Waals surface area contributed by atoms with Crippen LogP contribution in [0.15, 0.2) is 30.3 Å². The molecule has 0 radical (unpaired) electrons. The molecule has 0 saturated carbocycles. The molecule has 0 saturated heterocycles. The van der Waals surface area contributed by atoms with Crippen LogP contribution >= 0.6 is 12.2 Å². The number of carbonyl (C=O) groups excluding carboxylic acids is 2. The van der Waals surface area contributed by atoms with Gasteiger partial charge < -0.3 is 9.47 Å². The summed E-state index contributed by atoms with van der Waals surface area (Å²) in [6, 6.07) is 7.22. The molecule has 130 valence electrons. The van der Waals surface area contributed by atoms with Gasteiger partial charge in [-0.3, -0.25) is 25.8 Å².